The molecule has 0 fully saturated rings. The molecule has 0 bridgehead atoms. The van der Waals surface area contributed by atoms with E-state index in [0.717, 1.165) is 21.7 Å². The Hall–Kier alpha value is -3.60. The molecular formula is C21H17N3O2. The Labute approximate surface area is 150 Å². The van der Waals surface area contributed by atoms with Gasteiger partial charge in [0, 0.05) is 29.7 Å². The van der Waals surface area contributed by atoms with Crippen LogP contribution >= 0.6 is 0 Å². The topological polar surface area (TPSA) is 66.6 Å². The van der Waals surface area contributed by atoms with Crippen molar-refractivity contribution in [3.63, 3.8) is 0 Å². The molecule has 0 aliphatic heterocycles. The number of aromatic hydroxyl groups is 1. The van der Waals surface area contributed by atoms with Crippen LogP contribution in [0.25, 0.3) is 21.7 Å². The van der Waals surface area contributed by atoms with E-state index >= 15 is 0 Å². The van der Waals surface area contributed by atoms with Crippen LogP contribution in [0.5, 0.6) is 5.75 Å². The number of para-hydroxylation sites is 1. The minimum Gasteiger partial charge on any atom is -0.507 e. The van der Waals surface area contributed by atoms with Gasteiger partial charge in [-0.2, -0.15) is 5.10 Å². The Morgan fingerprint density at radius 3 is 2.62 bits per heavy atom. The van der Waals surface area contributed by atoms with E-state index in [1.54, 1.807) is 12.3 Å². The molecule has 3 aromatic carbocycles. The number of aromatic nitrogens is 1. The first-order valence-corrected chi connectivity index (χ1v) is 8.23. The van der Waals surface area contributed by atoms with Crippen LogP contribution in [0.3, 0.4) is 0 Å². The molecule has 2 N–H and O–H groups in total. The number of carbonyl (C=O) groups excluding carboxylic acids is 1. The highest BCUT2D eigenvalue weighted by Crippen LogP contribution is 2.25. The van der Waals surface area contributed by atoms with E-state index in [1.807, 2.05) is 66.2 Å². The largest absolute Gasteiger partial charge is 0.507 e. The fraction of sp³-hybridized carbons (Fsp3) is 0.0476. The normalized spacial score (nSPS) is 11.4. The van der Waals surface area contributed by atoms with Gasteiger partial charge in [0.1, 0.15) is 5.75 Å². The first-order chi connectivity index (χ1) is 12.6. The predicted octanol–water partition coefficient (Wildman–Crippen LogP) is 3.80. The molecule has 1 heterocycles. The standard InChI is InChI=1S/C21H17N3O2/c1-24-13-18(16-8-4-5-9-19(16)24)21(26)23-22-12-17-15-7-3-2-6-14(15)10-11-20(17)25/h2-13,25H,1H3,(H,23,26)/b22-12-. The maximum absolute atomic E-state index is 12.5. The number of nitrogens with zero attached hydrogens (tertiary/aromatic N) is 2. The van der Waals surface area contributed by atoms with Gasteiger partial charge in [0.15, 0.2) is 0 Å². The van der Waals surface area contributed by atoms with Gasteiger partial charge in [0.2, 0.25) is 0 Å². The quantitative estimate of drug-likeness (QED) is 0.439. The number of phenols is 1. The van der Waals surface area contributed by atoms with Crippen LogP contribution in [0.15, 0.2) is 72.0 Å². The van der Waals surface area contributed by atoms with Crippen molar-refractivity contribution < 1.29 is 9.90 Å². The molecule has 5 heteroatoms. The first-order valence-electron chi connectivity index (χ1n) is 8.23. The van der Waals surface area contributed by atoms with Crippen LogP contribution in [0.2, 0.25) is 0 Å². The zero-order chi connectivity index (χ0) is 18.1. The molecule has 4 rings (SSSR count). The van der Waals surface area contributed by atoms with Crippen molar-refractivity contribution in [3.8, 4) is 5.75 Å². The number of carbonyl (C=O) groups is 1. The number of amides is 1. The molecule has 0 spiro atoms. The fourth-order valence-corrected chi connectivity index (χ4v) is 3.16. The molecule has 0 radical (unpaired) electrons. The summed E-state index contributed by atoms with van der Waals surface area (Å²) in [6, 6.07) is 18.9. The van der Waals surface area contributed by atoms with Crippen molar-refractivity contribution in [2.24, 2.45) is 12.1 Å². The van der Waals surface area contributed by atoms with Gasteiger partial charge < -0.3 is 9.67 Å². The highest BCUT2D eigenvalue weighted by atomic mass is 16.3. The summed E-state index contributed by atoms with van der Waals surface area (Å²) in [6.45, 7) is 0. The SMILES string of the molecule is Cn1cc(C(=O)N/N=C\c2c(O)ccc3ccccc23)c2ccccc21. The predicted molar refractivity (Wildman–Crippen MR) is 104 cm³/mol. The summed E-state index contributed by atoms with van der Waals surface area (Å²) in [6.07, 6.45) is 3.26. The van der Waals surface area contributed by atoms with Crippen LogP contribution < -0.4 is 5.43 Å². The van der Waals surface area contributed by atoms with Gasteiger partial charge in [-0.1, -0.05) is 48.5 Å². The van der Waals surface area contributed by atoms with E-state index in [1.165, 1.54) is 6.21 Å². The van der Waals surface area contributed by atoms with Crippen molar-refractivity contribution >= 4 is 33.8 Å². The molecule has 0 saturated carbocycles. The van der Waals surface area contributed by atoms with Crippen LogP contribution in [-0.2, 0) is 7.05 Å². The zero-order valence-electron chi connectivity index (χ0n) is 14.2. The Morgan fingerprint density at radius 2 is 1.77 bits per heavy atom. The van der Waals surface area contributed by atoms with Gasteiger partial charge in [-0.25, -0.2) is 5.43 Å². The summed E-state index contributed by atoms with van der Waals surface area (Å²) in [5, 5.41) is 16.9. The lowest BCUT2D eigenvalue weighted by Gasteiger charge is -2.04. The Bertz CT molecular complexity index is 1160. The Kier molecular flexibility index (Phi) is 3.89. The molecule has 0 aliphatic rings. The van der Waals surface area contributed by atoms with Crippen LogP contribution in [-0.4, -0.2) is 21.8 Å². The van der Waals surface area contributed by atoms with E-state index in [4.69, 9.17) is 0 Å². The summed E-state index contributed by atoms with van der Waals surface area (Å²) >= 11 is 0. The highest BCUT2D eigenvalue weighted by Gasteiger charge is 2.13. The number of benzene rings is 3. The van der Waals surface area contributed by atoms with Gasteiger partial charge in [0.25, 0.3) is 5.91 Å². The second-order valence-electron chi connectivity index (χ2n) is 6.09. The number of hydrogen-bond donors (Lipinski definition) is 2. The van der Waals surface area contributed by atoms with E-state index in [0.29, 0.717) is 11.1 Å². The second-order valence-corrected chi connectivity index (χ2v) is 6.09. The number of nitrogens with one attached hydrogen (secondary N) is 1. The maximum Gasteiger partial charge on any atom is 0.273 e. The van der Waals surface area contributed by atoms with E-state index < -0.39 is 0 Å². The molecule has 128 valence electrons. The van der Waals surface area contributed by atoms with Crippen LogP contribution in [0, 0.1) is 0 Å². The molecule has 5 nitrogen and oxygen atoms in total. The number of hydrazone groups is 1. The smallest absolute Gasteiger partial charge is 0.273 e. The maximum atomic E-state index is 12.5. The first kappa shape index (κ1) is 15.9. The molecule has 0 atom stereocenters. The fourth-order valence-electron chi connectivity index (χ4n) is 3.16. The van der Waals surface area contributed by atoms with Crippen molar-refractivity contribution in [3.05, 3.63) is 78.0 Å². The van der Waals surface area contributed by atoms with E-state index in [9.17, 15) is 9.90 Å². The molecule has 0 saturated heterocycles. The summed E-state index contributed by atoms with van der Waals surface area (Å²) in [4.78, 5) is 12.5. The second kappa shape index (κ2) is 6.37. The van der Waals surface area contributed by atoms with Gasteiger partial charge in [-0.15, -0.1) is 0 Å². The number of fused-ring (bicyclic) bond motifs is 2. The molecule has 1 amide bonds. The van der Waals surface area contributed by atoms with Gasteiger partial charge in [-0.3, -0.25) is 4.79 Å². The average molecular weight is 343 g/mol. The van der Waals surface area contributed by atoms with Gasteiger partial charge in [0.05, 0.1) is 11.8 Å². The average Bonchev–Trinajstić information content (AvgIpc) is 3.01. The van der Waals surface area contributed by atoms with Gasteiger partial charge in [-0.05, 0) is 22.9 Å². The third-order valence-corrected chi connectivity index (χ3v) is 4.45. The van der Waals surface area contributed by atoms with Crippen LogP contribution in [0.1, 0.15) is 15.9 Å². The molecule has 1 aromatic heterocycles. The van der Waals surface area contributed by atoms with Gasteiger partial charge >= 0.3 is 0 Å². The number of aryl methyl sites for hydroxylation is 1. The number of hydrogen-bond acceptors (Lipinski definition) is 3. The highest BCUT2D eigenvalue weighted by molar-refractivity contribution is 6.07. The minimum absolute atomic E-state index is 0.117. The summed E-state index contributed by atoms with van der Waals surface area (Å²) in [5.74, 6) is -0.176. The Morgan fingerprint density at radius 1 is 1.04 bits per heavy atom. The van der Waals surface area contributed by atoms with Crippen molar-refractivity contribution in [2.75, 3.05) is 0 Å². The third kappa shape index (κ3) is 2.69. The lowest BCUT2D eigenvalue weighted by Crippen LogP contribution is -2.17. The molecule has 4 aromatic rings. The van der Waals surface area contributed by atoms with Crippen molar-refractivity contribution in [2.45, 2.75) is 0 Å². The number of rotatable bonds is 3. The lowest BCUT2D eigenvalue weighted by atomic mass is 10.0. The van der Waals surface area contributed by atoms with E-state index in [-0.39, 0.29) is 11.7 Å². The molecule has 0 aliphatic carbocycles. The van der Waals surface area contributed by atoms with E-state index in [2.05, 4.69) is 10.5 Å². The van der Waals surface area contributed by atoms with Crippen molar-refractivity contribution in [1.29, 1.82) is 0 Å². The Balaban J connectivity index is 1.63. The molecular weight excluding hydrogens is 326 g/mol. The summed E-state index contributed by atoms with van der Waals surface area (Å²) in [5.41, 5.74) is 4.66. The monoisotopic (exact) mass is 343 g/mol. The minimum atomic E-state index is -0.294. The third-order valence-electron chi connectivity index (χ3n) is 4.45. The van der Waals surface area contributed by atoms with Crippen molar-refractivity contribution in [1.82, 2.24) is 9.99 Å². The zero-order valence-corrected chi connectivity index (χ0v) is 14.2. The molecule has 26 heavy (non-hydrogen) atoms. The van der Waals surface area contributed by atoms with Crippen LogP contribution in [0.4, 0.5) is 0 Å². The summed E-state index contributed by atoms with van der Waals surface area (Å²) < 4.78 is 1.91. The summed E-state index contributed by atoms with van der Waals surface area (Å²) in [7, 11) is 1.90. The lowest BCUT2D eigenvalue weighted by molar-refractivity contribution is 0.0956. The number of phenolic OH excluding ortho intramolecular Hbond substituents is 1. The molecule has 0 unspecified atom stereocenters.